The van der Waals surface area contributed by atoms with Crippen LogP contribution in [0.4, 0.5) is 8.78 Å². The zero-order chi connectivity index (χ0) is 9.19. The average Bonchev–Trinajstić information content (AvgIpc) is 2.10. The minimum absolute atomic E-state index is 0.107. The van der Waals surface area contributed by atoms with Crippen LogP contribution in [0, 0.1) is 11.8 Å². The summed E-state index contributed by atoms with van der Waals surface area (Å²) in [5.41, 5.74) is 0. The Morgan fingerprint density at radius 3 is 2.42 bits per heavy atom. The average molecular weight is 176 g/mol. The third-order valence-electron chi connectivity index (χ3n) is 2.94. The second-order valence-electron chi connectivity index (χ2n) is 4.29. The fourth-order valence-corrected chi connectivity index (χ4v) is 1.96. The smallest absolute Gasteiger partial charge is 0.207 e. The van der Waals surface area contributed by atoms with E-state index in [4.69, 9.17) is 0 Å². The molecule has 1 rings (SSSR count). The van der Waals surface area contributed by atoms with E-state index >= 15 is 0 Å². The third kappa shape index (κ3) is 2.72. The van der Waals surface area contributed by atoms with E-state index in [1.54, 1.807) is 0 Å². The lowest BCUT2D eigenvalue weighted by Gasteiger charge is -2.18. The molecule has 0 nitrogen and oxygen atoms in total. The van der Waals surface area contributed by atoms with Gasteiger partial charge in [0.2, 0.25) is 5.92 Å². The quantitative estimate of drug-likeness (QED) is 0.532. The number of alkyl halides is 2. The Bertz CT molecular complexity index is 141. The molecule has 0 aromatic heterocycles. The largest absolute Gasteiger partial charge is 0.248 e. The molecular formula is C10H18F2. The molecular weight excluding hydrogens is 158 g/mol. The van der Waals surface area contributed by atoms with Gasteiger partial charge in [-0.15, -0.1) is 0 Å². The highest BCUT2D eigenvalue weighted by Gasteiger charge is 2.32. The molecule has 0 spiro atoms. The molecule has 0 aromatic carbocycles. The van der Waals surface area contributed by atoms with Crippen molar-refractivity contribution in [2.24, 2.45) is 11.8 Å². The van der Waals surface area contributed by atoms with Crippen molar-refractivity contribution in [3.05, 3.63) is 0 Å². The van der Waals surface area contributed by atoms with E-state index in [0.29, 0.717) is 24.7 Å². The number of rotatable bonds is 1. The van der Waals surface area contributed by atoms with Crippen LogP contribution >= 0.6 is 0 Å². The van der Waals surface area contributed by atoms with Crippen LogP contribution < -0.4 is 0 Å². The molecule has 1 fully saturated rings. The zero-order valence-electron chi connectivity index (χ0n) is 7.95. The highest BCUT2D eigenvalue weighted by Crippen LogP contribution is 2.36. The Morgan fingerprint density at radius 2 is 1.83 bits per heavy atom. The van der Waals surface area contributed by atoms with Gasteiger partial charge in [0.1, 0.15) is 0 Å². The fraction of sp³-hybridized carbons (Fsp3) is 1.00. The first-order valence-corrected chi connectivity index (χ1v) is 4.89. The lowest BCUT2D eigenvalue weighted by molar-refractivity contribution is -0.0152. The molecule has 0 bridgehead atoms. The van der Waals surface area contributed by atoms with Crippen molar-refractivity contribution in [2.75, 3.05) is 0 Å². The summed E-state index contributed by atoms with van der Waals surface area (Å²) < 4.78 is 25.8. The fourth-order valence-electron chi connectivity index (χ4n) is 1.96. The van der Waals surface area contributed by atoms with E-state index in [0.717, 1.165) is 6.42 Å². The molecule has 0 aliphatic heterocycles. The third-order valence-corrected chi connectivity index (χ3v) is 2.94. The van der Waals surface area contributed by atoms with Crippen molar-refractivity contribution in [3.8, 4) is 0 Å². The second kappa shape index (κ2) is 3.71. The van der Waals surface area contributed by atoms with Crippen LogP contribution in [0.15, 0.2) is 0 Å². The maximum atomic E-state index is 12.9. The monoisotopic (exact) mass is 176 g/mol. The summed E-state index contributed by atoms with van der Waals surface area (Å²) in [5, 5.41) is 0. The topological polar surface area (TPSA) is 0 Å². The van der Waals surface area contributed by atoms with E-state index in [1.807, 2.05) is 0 Å². The first-order valence-electron chi connectivity index (χ1n) is 4.89. The van der Waals surface area contributed by atoms with Gasteiger partial charge in [0.05, 0.1) is 0 Å². The standard InChI is InChI=1S/C10H18F2/c1-8(2)9-4-3-6-10(11,12)7-5-9/h8-9H,3-7H2,1-2H3. The van der Waals surface area contributed by atoms with Gasteiger partial charge in [0, 0.05) is 12.8 Å². The van der Waals surface area contributed by atoms with Gasteiger partial charge >= 0.3 is 0 Å². The van der Waals surface area contributed by atoms with Gasteiger partial charge in [-0.25, -0.2) is 8.78 Å². The summed E-state index contributed by atoms with van der Waals surface area (Å²) >= 11 is 0. The summed E-state index contributed by atoms with van der Waals surface area (Å²) in [7, 11) is 0. The van der Waals surface area contributed by atoms with Crippen LogP contribution in [0.5, 0.6) is 0 Å². The molecule has 1 aliphatic carbocycles. The van der Waals surface area contributed by atoms with E-state index in [-0.39, 0.29) is 12.8 Å². The van der Waals surface area contributed by atoms with Crippen molar-refractivity contribution < 1.29 is 8.78 Å². The lowest BCUT2D eigenvalue weighted by atomic mass is 9.89. The van der Waals surface area contributed by atoms with Crippen molar-refractivity contribution in [1.82, 2.24) is 0 Å². The van der Waals surface area contributed by atoms with E-state index < -0.39 is 5.92 Å². The van der Waals surface area contributed by atoms with Crippen LogP contribution in [0.25, 0.3) is 0 Å². The van der Waals surface area contributed by atoms with Gasteiger partial charge in [0.25, 0.3) is 0 Å². The molecule has 0 saturated heterocycles. The first kappa shape index (κ1) is 9.94. The van der Waals surface area contributed by atoms with Gasteiger partial charge in [0.15, 0.2) is 0 Å². The lowest BCUT2D eigenvalue weighted by Crippen LogP contribution is -2.14. The van der Waals surface area contributed by atoms with E-state index in [1.165, 1.54) is 0 Å². The number of hydrogen-bond donors (Lipinski definition) is 0. The predicted molar refractivity (Wildman–Crippen MR) is 46.4 cm³/mol. The summed E-state index contributed by atoms with van der Waals surface area (Å²) in [4.78, 5) is 0. The van der Waals surface area contributed by atoms with Gasteiger partial charge in [-0.3, -0.25) is 0 Å². The highest BCUT2D eigenvalue weighted by atomic mass is 19.3. The Kier molecular flexibility index (Phi) is 3.08. The van der Waals surface area contributed by atoms with Crippen LogP contribution in [0.2, 0.25) is 0 Å². The summed E-state index contributed by atoms with van der Waals surface area (Å²) in [6.45, 7) is 4.27. The normalized spacial score (nSPS) is 30.2. The van der Waals surface area contributed by atoms with Crippen molar-refractivity contribution >= 4 is 0 Å². The molecule has 1 saturated carbocycles. The molecule has 0 amide bonds. The van der Waals surface area contributed by atoms with Crippen molar-refractivity contribution in [2.45, 2.75) is 51.9 Å². The predicted octanol–water partition coefficient (Wildman–Crippen LogP) is 3.86. The molecule has 1 aliphatic rings. The maximum Gasteiger partial charge on any atom is 0.248 e. The molecule has 0 aromatic rings. The Hall–Kier alpha value is -0.140. The van der Waals surface area contributed by atoms with Crippen LogP contribution in [0.3, 0.4) is 0 Å². The summed E-state index contributed by atoms with van der Waals surface area (Å²) in [5.74, 6) is -1.28. The van der Waals surface area contributed by atoms with Gasteiger partial charge < -0.3 is 0 Å². The SMILES string of the molecule is CC(C)C1CCCC(F)(F)CC1. The maximum absolute atomic E-state index is 12.9. The van der Waals surface area contributed by atoms with Gasteiger partial charge in [-0.2, -0.15) is 0 Å². The molecule has 0 radical (unpaired) electrons. The molecule has 1 atom stereocenters. The molecule has 0 heterocycles. The second-order valence-corrected chi connectivity index (χ2v) is 4.29. The number of halogens is 2. The minimum atomic E-state index is -2.37. The molecule has 72 valence electrons. The number of hydrogen-bond acceptors (Lipinski definition) is 0. The molecule has 0 N–H and O–H groups in total. The first-order chi connectivity index (χ1) is 5.51. The molecule has 2 heteroatoms. The Labute approximate surface area is 73.3 Å². The minimum Gasteiger partial charge on any atom is -0.207 e. The van der Waals surface area contributed by atoms with Crippen LogP contribution in [-0.2, 0) is 0 Å². The van der Waals surface area contributed by atoms with Gasteiger partial charge in [-0.1, -0.05) is 13.8 Å². The van der Waals surface area contributed by atoms with E-state index in [2.05, 4.69) is 13.8 Å². The van der Waals surface area contributed by atoms with Gasteiger partial charge in [-0.05, 0) is 31.1 Å². The highest BCUT2D eigenvalue weighted by molar-refractivity contribution is 4.76. The van der Waals surface area contributed by atoms with Crippen molar-refractivity contribution in [1.29, 1.82) is 0 Å². The zero-order valence-corrected chi connectivity index (χ0v) is 7.95. The molecule has 12 heavy (non-hydrogen) atoms. The molecule has 1 unspecified atom stereocenters. The Morgan fingerprint density at radius 1 is 1.17 bits per heavy atom. The van der Waals surface area contributed by atoms with Crippen molar-refractivity contribution in [3.63, 3.8) is 0 Å². The van der Waals surface area contributed by atoms with Crippen LogP contribution in [-0.4, -0.2) is 5.92 Å². The summed E-state index contributed by atoms with van der Waals surface area (Å²) in [6.07, 6.45) is 2.62. The van der Waals surface area contributed by atoms with E-state index in [9.17, 15) is 8.78 Å². The Balaban J connectivity index is 2.45. The summed E-state index contributed by atoms with van der Waals surface area (Å²) in [6, 6.07) is 0. The van der Waals surface area contributed by atoms with Crippen LogP contribution in [0.1, 0.15) is 46.0 Å².